The number of carbonyl (C=O) groups is 2. The summed E-state index contributed by atoms with van der Waals surface area (Å²) in [5.41, 5.74) is 0.283. The number of hydrogen-bond acceptors (Lipinski definition) is 7. The molecule has 9 nitrogen and oxygen atoms in total. The van der Waals surface area contributed by atoms with E-state index in [4.69, 9.17) is 14.2 Å². The molecule has 0 spiro atoms. The third kappa shape index (κ3) is 5.22. The highest BCUT2D eigenvalue weighted by Gasteiger charge is 2.20. The Morgan fingerprint density at radius 1 is 1.07 bits per heavy atom. The second kappa shape index (κ2) is 9.54. The molecule has 2 rings (SSSR count). The lowest BCUT2D eigenvalue weighted by Crippen LogP contribution is -2.27. The van der Waals surface area contributed by atoms with Crippen LogP contribution in [0.25, 0.3) is 0 Å². The van der Waals surface area contributed by atoms with Crippen molar-refractivity contribution >= 4 is 17.6 Å². The summed E-state index contributed by atoms with van der Waals surface area (Å²) in [6.07, 6.45) is 0. The molecular formula is C20H22N2O7. The van der Waals surface area contributed by atoms with Gasteiger partial charge in [0.25, 0.3) is 11.6 Å². The molecule has 2 aromatic rings. The van der Waals surface area contributed by atoms with E-state index in [1.165, 1.54) is 20.3 Å². The first-order chi connectivity index (χ1) is 13.8. The summed E-state index contributed by atoms with van der Waals surface area (Å²) >= 11 is 0. The van der Waals surface area contributed by atoms with E-state index >= 15 is 0 Å². The van der Waals surface area contributed by atoms with E-state index in [1.54, 1.807) is 32.0 Å². The molecule has 0 saturated carbocycles. The Kier molecular flexibility index (Phi) is 7.13. The van der Waals surface area contributed by atoms with E-state index in [0.717, 1.165) is 17.7 Å². The zero-order valence-electron chi connectivity index (χ0n) is 16.6. The molecule has 154 valence electrons. The van der Waals surface area contributed by atoms with Gasteiger partial charge in [0.15, 0.2) is 11.5 Å². The van der Waals surface area contributed by atoms with E-state index in [2.05, 4.69) is 5.32 Å². The van der Waals surface area contributed by atoms with Gasteiger partial charge in [-0.3, -0.25) is 14.9 Å². The lowest BCUT2D eigenvalue weighted by Gasteiger charge is -2.17. The zero-order chi connectivity index (χ0) is 21.6. The van der Waals surface area contributed by atoms with Crippen molar-refractivity contribution in [1.82, 2.24) is 5.32 Å². The second-order valence-electron chi connectivity index (χ2n) is 6.06. The minimum Gasteiger partial charge on any atom is -0.493 e. The Bertz CT molecular complexity index is 927. The summed E-state index contributed by atoms with van der Waals surface area (Å²) in [4.78, 5) is 35.1. The van der Waals surface area contributed by atoms with E-state index in [1.807, 2.05) is 0 Å². The van der Waals surface area contributed by atoms with Crippen LogP contribution in [0.15, 0.2) is 36.4 Å². The summed E-state index contributed by atoms with van der Waals surface area (Å²) in [5.74, 6) is -0.252. The molecule has 1 atom stereocenters. The minimum absolute atomic E-state index is 0.0189. The van der Waals surface area contributed by atoms with Crippen LogP contribution in [0.1, 0.15) is 46.2 Å². The van der Waals surface area contributed by atoms with E-state index in [9.17, 15) is 19.7 Å². The average Bonchev–Trinajstić information content (AvgIpc) is 2.72. The maximum absolute atomic E-state index is 12.7. The number of non-ortho nitro benzene ring substituents is 1. The Morgan fingerprint density at radius 2 is 1.72 bits per heavy atom. The number of nitrogens with one attached hydrogen (secondary N) is 1. The first-order valence-electron chi connectivity index (χ1n) is 8.80. The molecule has 29 heavy (non-hydrogen) atoms. The summed E-state index contributed by atoms with van der Waals surface area (Å²) < 4.78 is 15.3. The van der Waals surface area contributed by atoms with Crippen molar-refractivity contribution in [2.24, 2.45) is 0 Å². The number of ether oxygens (including phenoxy) is 3. The SMILES string of the molecule is CCOC(=O)c1cc(C(=O)NC(C)c2ccc(OC)c(OC)c2)cc([N+](=O)[O-])c1. The highest BCUT2D eigenvalue weighted by molar-refractivity contribution is 5.99. The Balaban J connectivity index is 2.29. The molecule has 1 unspecified atom stereocenters. The molecule has 0 bridgehead atoms. The number of amides is 1. The van der Waals surface area contributed by atoms with Crippen LogP contribution in [0.3, 0.4) is 0 Å². The lowest BCUT2D eigenvalue weighted by molar-refractivity contribution is -0.384. The number of carbonyl (C=O) groups excluding carboxylic acids is 2. The Labute approximate surface area is 167 Å². The highest BCUT2D eigenvalue weighted by Crippen LogP contribution is 2.30. The van der Waals surface area contributed by atoms with Gasteiger partial charge in [0.05, 0.1) is 37.4 Å². The molecule has 0 saturated heterocycles. The number of benzene rings is 2. The third-order valence-electron chi connectivity index (χ3n) is 4.16. The number of methoxy groups -OCH3 is 2. The topological polar surface area (TPSA) is 117 Å². The van der Waals surface area contributed by atoms with Gasteiger partial charge in [0.1, 0.15) is 0 Å². The summed E-state index contributed by atoms with van der Waals surface area (Å²) in [5, 5.41) is 13.9. The molecule has 0 fully saturated rings. The van der Waals surface area contributed by atoms with Crippen LogP contribution in [0.4, 0.5) is 5.69 Å². The van der Waals surface area contributed by atoms with Crippen molar-refractivity contribution in [2.75, 3.05) is 20.8 Å². The fraction of sp³-hybridized carbons (Fsp3) is 0.300. The van der Waals surface area contributed by atoms with Gasteiger partial charge in [-0.1, -0.05) is 6.07 Å². The van der Waals surface area contributed by atoms with Gasteiger partial charge >= 0.3 is 5.97 Å². The number of nitrogens with zero attached hydrogens (tertiary/aromatic N) is 1. The maximum Gasteiger partial charge on any atom is 0.338 e. The average molecular weight is 402 g/mol. The smallest absolute Gasteiger partial charge is 0.338 e. The van der Waals surface area contributed by atoms with Crippen molar-refractivity contribution < 1.29 is 28.7 Å². The van der Waals surface area contributed by atoms with Crippen LogP contribution in [-0.4, -0.2) is 37.6 Å². The molecule has 1 amide bonds. The quantitative estimate of drug-likeness (QED) is 0.409. The maximum atomic E-state index is 12.7. The van der Waals surface area contributed by atoms with Crippen molar-refractivity contribution in [3.63, 3.8) is 0 Å². The number of nitro benzene ring substituents is 1. The third-order valence-corrected chi connectivity index (χ3v) is 4.16. The fourth-order valence-corrected chi connectivity index (χ4v) is 2.67. The zero-order valence-corrected chi connectivity index (χ0v) is 16.6. The molecule has 0 aromatic heterocycles. The van der Waals surface area contributed by atoms with Crippen LogP contribution in [0.5, 0.6) is 11.5 Å². The first-order valence-corrected chi connectivity index (χ1v) is 8.80. The van der Waals surface area contributed by atoms with Crippen LogP contribution >= 0.6 is 0 Å². The first kappa shape index (κ1) is 21.7. The predicted molar refractivity (Wildman–Crippen MR) is 104 cm³/mol. The van der Waals surface area contributed by atoms with E-state index in [0.29, 0.717) is 11.5 Å². The Hall–Kier alpha value is -3.62. The molecule has 9 heteroatoms. The van der Waals surface area contributed by atoms with Gasteiger partial charge in [-0.15, -0.1) is 0 Å². The number of nitro groups is 1. The van der Waals surface area contributed by atoms with Crippen LogP contribution in [0, 0.1) is 10.1 Å². The molecule has 0 radical (unpaired) electrons. The van der Waals surface area contributed by atoms with Crippen LogP contribution < -0.4 is 14.8 Å². The summed E-state index contributed by atoms with van der Waals surface area (Å²) in [6, 6.07) is 8.22. The van der Waals surface area contributed by atoms with Gasteiger partial charge < -0.3 is 19.5 Å². The fourth-order valence-electron chi connectivity index (χ4n) is 2.67. The summed E-state index contributed by atoms with van der Waals surface area (Å²) in [6.45, 7) is 3.48. The van der Waals surface area contributed by atoms with Crippen molar-refractivity contribution in [2.45, 2.75) is 19.9 Å². The van der Waals surface area contributed by atoms with Crippen molar-refractivity contribution in [3.8, 4) is 11.5 Å². The minimum atomic E-state index is -0.738. The predicted octanol–water partition coefficient (Wildman–Crippen LogP) is 3.28. The number of rotatable bonds is 8. The van der Waals surface area contributed by atoms with Crippen molar-refractivity contribution in [3.05, 3.63) is 63.2 Å². The highest BCUT2D eigenvalue weighted by atomic mass is 16.6. The largest absolute Gasteiger partial charge is 0.493 e. The Morgan fingerprint density at radius 3 is 2.31 bits per heavy atom. The normalized spacial score (nSPS) is 11.3. The molecule has 1 N–H and O–H groups in total. The molecular weight excluding hydrogens is 380 g/mol. The lowest BCUT2D eigenvalue weighted by atomic mass is 10.1. The van der Waals surface area contributed by atoms with Gasteiger partial charge in [-0.2, -0.15) is 0 Å². The van der Waals surface area contributed by atoms with Gasteiger partial charge in [-0.05, 0) is 37.6 Å². The van der Waals surface area contributed by atoms with Gasteiger partial charge in [-0.25, -0.2) is 4.79 Å². The molecule has 2 aromatic carbocycles. The van der Waals surface area contributed by atoms with Crippen LogP contribution in [0.2, 0.25) is 0 Å². The van der Waals surface area contributed by atoms with Gasteiger partial charge in [0, 0.05) is 17.7 Å². The van der Waals surface area contributed by atoms with Gasteiger partial charge in [0.2, 0.25) is 0 Å². The van der Waals surface area contributed by atoms with E-state index in [-0.39, 0.29) is 23.4 Å². The van der Waals surface area contributed by atoms with E-state index < -0.39 is 22.8 Å². The summed E-state index contributed by atoms with van der Waals surface area (Å²) in [7, 11) is 3.02. The molecule has 0 aliphatic carbocycles. The second-order valence-corrected chi connectivity index (χ2v) is 6.06. The number of esters is 1. The molecule has 0 aliphatic heterocycles. The van der Waals surface area contributed by atoms with Crippen LogP contribution in [-0.2, 0) is 4.74 Å². The molecule has 0 heterocycles. The van der Waals surface area contributed by atoms with Crippen molar-refractivity contribution in [1.29, 1.82) is 0 Å². The number of hydrogen-bond donors (Lipinski definition) is 1. The standard InChI is InChI=1S/C20H22N2O7/c1-5-29-20(24)15-8-14(9-16(10-15)22(25)26)19(23)21-12(2)13-6-7-17(27-3)18(11-13)28-4/h6-12H,5H2,1-4H3,(H,21,23). The monoisotopic (exact) mass is 402 g/mol. The molecule has 0 aliphatic rings.